The molecule has 90 valence electrons. The predicted octanol–water partition coefficient (Wildman–Crippen LogP) is 1.88. The van der Waals surface area contributed by atoms with Gasteiger partial charge in [-0.2, -0.15) is 0 Å². The average molecular weight is 235 g/mol. The van der Waals surface area contributed by atoms with Crippen LogP contribution in [0.15, 0.2) is 30.3 Å². The first kappa shape index (κ1) is 11.6. The van der Waals surface area contributed by atoms with Crippen LogP contribution >= 0.6 is 0 Å². The summed E-state index contributed by atoms with van der Waals surface area (Å²) in [6.07, 6.45) is -0.768. The van der Waals surface area contributed by atoms with Gasteiger partial charge in [0.2, 0.25) is 0 Å². The zero-order valence-electron chi connectivity index (χ0n) is 9.67. The maximum atomic E-state index is 11.7. The number of cyclic esters (lactones) is 1. The van der Waals surface area contributed by atoms with E-state index in [9.17, 15) is 9.59 Å². The fraction of sp³-hybridized carbons (Fsp3) is 0.333. The number of imide groups is 1. The van der Waals surface area contributed by atoms with E-state index in [0.29, 0.717) is 5.06 Å². The van der Waals surface area contributed by atoms with Crippen molar-refractivity contribution in [3.8, 4) is 0 Å². The highest BCUT2D eigenvalue weighted by atomic mass is 16.8. The molecule has 1 aliphatic rings. The van der Waals surface area contributed by atoms with Crippen LogP contribution in [0.4, 0.5) is 4.79 Å². The molecule has 1 aliphatic heterocycles. The van der Waals surface area contributed by atoms with Crippen molar-refractivity contribution < 1.29 is 19.2 Å². The molecular formula is C12H13NO4. The number of rotatable bonds is 3. The van der Waals surface area contributed by atoms with Gasteiger partial charge in [-0.15, -0.1) is 5.06 Å². The van der Waals surface area contributed by atoms with E-state index in [4.69, 9.17) is 9.57 Å². The van der Waals surface area contributed by atoms with Gasteiger partial charge in [-0.05, 0) is 19.4 Å². The zero-order chi connectivity index (χ0) is 12.5. The van der Waals surface area contributed by atoms with Crippen molar-refractivity contribution in [1.82, 2.24) is 5.06 Å². The second-order valence-corrected chi connectivity index (χ2v) is 4.24. The summed E-state index contributed by atoms with van der Waals surface area (Å²) >= 11 is 0. The second-order valence-electron chi connectivity index (χ2n) is 4.24. The van der Waals surface area contributed by atoms with E-state index in [1.165, 1.54) is 13.8 Å². The fourth-order valence-electron chi connectivity index (χ4n) is 1.46. The van der Waals surface area contributed by atoms with Crippen LogP contribution in [0.25, 0.3) is 0 Å². The largest absolute Gasteiger partial charge is 0.442 e. The van der Waals surface area contributed by atoms with Gasteiger partial charge in [0.25, 0.3) is 5.91 Å². The Morgan fingerprint density at radius 2 is 1.88 bits per heavy atom. The summed E-state index contributed by atoms with van der Waals surface area (Å²) in [5.41, 5.74) is -0.272. The summed E-state index contributed by atoms with van der Waals surface area (Å²) in [7, 11) is 0. The van der Waals surface area contributed by atoms with E-state index in [2.05, 4.69) is 0 Å². The van der Waals surface area contributed by atoms with Crippen molar-refractivity contribution in [3.63, 3.8) is 0 Å². The van der Waals surface area contributed by atoms with Gasteiger partial charge in [0.1, 0.15) is 6.61 Å². The van der Waals surface area contributed by atoms with Crippen molar-refractivity contribution in [2.24, 2.45) is 0 Å². The molecule has 1 heterocycles. The lowest BCUT2D eigenvalue weighted by Gasteiger charge is -2.13. The van der Waals surface area contributed by atoms with Crippen LogP contribution in [0, 0.1) is 0 Å². The van der Waals surface area contributed by atoms with E-state index in [-0.39, 0.29) is 6.61 Å². The minimum atomic E-state index is -1.15. The second kappa shape index (κ2) is 4.18. The van der Waals surface area contributed by atoms with Crippen LogP contribution in [0.3, 0.4) is 0 Å². The van der Waals surface area contributed by atoms with Crippen LogP contribution in [0.5, 0.6) is 0 Å². The molecule has 0 saturated carbocycles. The maximum Gasteiger partial charge on any atom is 0.442 e. The molecule has 0 bridgehead atoms. The lowest BCUT2D eigenvalue weighted by atomic mass is 10.1. The van der Waals surface area contributed by atoms with Crippen molar-refractivity contribution >= 4 is 12.0 Å². The predicted molar refractivity (Wildman–Crippen MR) is 58.6 cm³/mol. The topological polar surface area (TPSA) is 55.8 Å². The zero-order valence-corrected chi connectivity index (χ0v) is 9.67. The smallest absolute Gasteiger partial charge is 0.431 e. The first-order chi connectivity index (χ1) is 8.00. The van der Waals surface area contributed by atoms with Gasteiger partial charge in [0.15, 0.2) is 5.60 Å². The molecule has 5 heteroatoms. The Morgan fingerprint density at radius 1 is 1.24 bits per heavy atom. The highest BCUT2D eigenvalue weighted by molar-refractivity contribution is 6.01. The molecule has 0 spiro atoms. The lowest BCUT2D eigenvalue weighted by Crippen LogP contribution is -2.36. The van der Waals surface area contributed by atoms with E-state index < -0.39 is 17.6 Å². The molecule has 0 aliphatic carbocycles. The third-order valence-corrected chi connectivity index (χ3v) is 2.41. The van der Waals surface area contributed by atoms with Crippen LogP contribution in [0.2, 0.25) is 0 Å². The molecule has 0 radical (unpaired) electrons. The minimum Gasteiger partial charge on any atom is -0.431 e. The van der Waals surface area contributed by atoms with Gasteiger partial charge in [-0.25, -0.2) is 4.79 Å². The SMILES string of the molecule is CC1(C)OC(=O)N(OCc2ccccc2)C1=O. The molecule has 0 N–H and O–H groups in total. The van der Waals surface area contributed by atoms with Gasteiger partial charge in [0, 0.05) is 0 Å². The molecule has 17 heavy (non-hydrogen) atoms. The van der Waals surface area contributed by atoms with Gasteiger partial charge >= 0.3 is 6.09 Å². The average Bonchev–Trinajstić information content (AvgIpc) is 2.48. The molecule has 2 rings (SSSR count). The Kier molecular flexibility index (Phi) is 2.85. The van der Waals surface area contributed by atoms with E-state index in [1.54, 1.807) is 0 Å². The molecule has 5 nitrogen and oxygen atoms in total. The highest BCUT2D eigenvalue weighted by Gasteiger charge is 2.48. The van der Waals surface area contributed by atoms with Crippen LogP contribution in [-0.4, -0.2) is 22.7 Å². The highest BCUT2D eigenvalue weighted by Crippen LogP contribution is 2.24. The van der Waals surface area contributed by atoms with E-state index >= 15 is 0 Å². The quantitative estimate of drug-likeness (QED) is 0.802. The summed E-state index contributed by atoms with van der Waals surface area (Å²) in [5, 5.41) is 0.674. The number of hydroxylamine groups is 2. The Morgan fingerprint density at radius 3 is 2.41 bits per heavy atom. The number of carbonyl (C=O) groups is 2. The molecule has 0 unspecified atom stereocenters. The summed E-state index contributed by atoms with van der Waals surface area (Å²) in [6.45, 7) is 3.20. The minimum absolute atomic E-state index is 0.151. The number of hydrogen-bond donors (Lipinski definition) is 0. The Balaban J connectivity index is 2.01. The number of hydrogen-bond acceptors (Lipinski definition) is 4. The maximum absolute atomic E-state index is 11.7. The third kappa shape index (κ3) is 2.29. The molecule has 1 aromatic rings. The first-order valence-corrected chi connectivity index (χ1v) is 5.25. The van der Waals surface area contributed by atoms with Crippen LogP contribution < -0.4 is 0 Å². The molecule has 0 atom stereocenters. The third-order valence-electron chi connectivity index (χ3n) is 2.41. The number of benzene rings is 1. The Labute approximate surface area is 98.9 Å². The molecule has 0 aromatic heterocycles. The van der Waals surface area contributed by atoms with Gasteiger partial charge in [-0.3, -0.25) is 9.63 Å². The van der Waals surface area contributed by atoms with Crippen LogP contribution in [0.1, 0.15) is 19.4 Å². The normalized spacial score (nSPS) is 18.4. The van der Waals surface area contributed by atoms with Crippen LogP contribution in [-0.2, 0) is 21.0 Å². The fourth-order valence-corrected chi connectivity index (χ4v) is 1.46. The van der Waals surface area contributed by atoms with Gasteiger partial charge in [-0.1, -0.05) is 30.3 Å². The Hall–Kier alpha value is -1.88. The summed E-state index contributed by atoms with van der Waals surface area (Å²) < 4.78 is 4.87. The molecular weight excluding hydrogens is 222 g/mol. The van der Waals surface area contributed by atoms with Crippen molar-refractivity contribution in [1.29, 1.82) is 0 Å². The Bertz CT molecular complexity index is 441. The monoisotopic (exact) mass is 235 g/mol. The van der Waals surface area contributed by atoms with Crippen molar-refractivity contribution in [2.75, 3.05) is 0 Å². The van der Waals surface area contributed by atoms with Crippen molar-refractivity contribution in [2.45, 2.75) is 26.1 Å². The van der Waals surface area contributed by atoms with E-state index in [1.807, 2.05) is 30.3 Å². The number of amides is 2. The summed E-state index contributed by atoms with van der Waals surface area (Å²) in [4.78, 5) is 28.3. The summed E-state index contributed by atoms with van der Waals surface area (Å²) in [6, 6.07) is 9.27. The standard InChI is InChI=1S/C12H13NO4/c1-12(2)10(14)13(11(15)17-12)16-8-9-6-4-3-5-7-9/h3-7H,8H2,1-2H3. The number of nitrogens with zero attached hydrogens (tertiary/aromatic N) is 1. The van der Waals surface area contributed by atoms with Gasteiger partial charge in [0.05, 0.1) is 0 Å². The van der Waals surface area contributed by atoms with Gasteiger partial charge < -0.3 is 4.74 Å². The summed E-state index contributed by atoms with van der Waals surface area (Å²) in [5.74, 6) is -0.488. The molecule has 1 aromatic carbocycles. The number of carbonyl (C=O) groups excluding carboxylic acids is 2. The lowest BCUT2D eigenvalue weighted by molar-refractivity contribution is -0.169. The van der Waals surface area contributed by atoms with E-state index in [0.717, 1.165) is 5.56 Å². The molecule has 1 fully saturated rings. The molecule has 1 saturated heterocycles. The molecule has 2 amide bonds. The van der Waals surface area contributed by atoms with Crippen molar-refractivity contribution in [3.05, 3.63) is 35.9 Å². The first-order valence-electron chi connectivity index (χ1n) is 5.25. The number of ether oxygens (including phenoxy) is 1.